The van der Waals surface area contributed by atoms with Gasteiger partial charge in [-0.2, -0.15) is 0 Å². The van der Waals surface area contributed by atoms with Gasteiger partial charge < -0.3 is 9.47 Å². The first-order valence-corrected chi connectivity index (χ1v) is 17.1. The Kier molecular flexibility index (Phi) is 22.9. The molecule has 0 saturated carbocycles. The predicted octanol–water partition coefficient (Wildman–Crippen LogP) is 12.7. The van der Waals surface area contributed by atoms with E-state index >= 15 is 0 Å². The molecule has 44 heavy (non-hydrogen) atoms. The van der Waals surface area contributed by atoms with Gasteiger partial charge in [0.2, 0.25) is 0 Å². The van der Waals surface area contributed by atoms with E-state index in [1.54, 1.807) is 14.2 Å². The zero-order valence-electron chi connectivity index (χ0n) is 30.9. The van der Waals surface area contributed by atoms with Gasteiger partial charge in [-0.05, 0) is 104 Å². The third-order valence-corrected chi connectivity index (χ3v) is 8.22. The van der Waals surface area contributed by atoms with Gasteiger partial charge in [0.1, 0.15) is 0 Å². The first-order chi connectivity index (χ1) is 20.7. The monoisotopic (exact) mass is 607 g/mol. The zero-order chi connectivity index (χ0) is 33.4. The maximum Gasteiger partial charge on any atom is 0.0657 e. The summed E-state index contributed by atoms with van der Waals surface area (Å²) in [6.07, 6.45) is 40.8. The van der Waals surface area contributed by atoms with Crippen LogP contribution in [0.4, 0.5) is 0 Å². The van der Waals surface area contributed by atoms with Crippen LogP contribution in [0.25, 0.3) is 0 Å². The first kappa shape index (κ1) is 41.8. The molecule has 0 fully saturated rings. The SMILES string of the molecule is COC(C)(C)C/C=C/C(C)=C/C=C/C(C)C/C=C/C(C)C/C=C/CC(C)CCCC(C)/C=C/C=C(C)/C=C/CC(C)(C)OC. The third kappa shape index (κ3) is 25.2. The van der Waals surface area contributed by atoms with Crippen molar-refractivity contribution in [2.75, 3.05) is 14.2 Å². The van der Waals surface area contributed by atoms with Gasteiger partial charge in [0, 0.05) is 14.2 Å². The summed E-state index contributed by atoms with van der Waals surface area (Å²) >= 11 is 0. The third-order valence-electron chi connectivity index (χ3n) is 8.22. The lowest BCUT2D eigenvalue weighted by molar-refractivity contribution is 0.0252. The van der Waals surface area contributed by atoms with Crippen molar-refractivity contribution in [3.05, 3.63) is 96.2 Å². The molecule has 0 aromatic heterocycles. The van der Waals surface area contributed by atoms with Crippen molar-refractivity contribution in [1.82, 2.24) is 0 Å². The largest absolute Gasteiger partial charge is 0.378 e. The Morgan fingerprint density at radius 1 is 0.568 bits per heavy atom. The van der Waals surface area contributed by atoms with Crippen molar-refractivity contribution in [3.63, 3.8) is 0 Å². The smallest absolute Gasteiger partial charge is 0.0657 e. The summed E-state index contributed by atoms with van der Waals surface area (Å²) < 4.78 is 10.9. The average molecular weight is 607 g/mol. The van der Waals surface area contributed by atoms with Crippen LogP contribution in [-0.2, 0) is 9.47 Å². The number of ether oxygens (including phenoxy) is 2. The Labute approximate surface area is 274 Å². The summed E-state index contributed by atoms with van der Waals surface area (Å²) in [5.41, 5.74) is 2.34. The van der Waals surface area contributed by atoms with Gasteiger partial charge in [0.05, 0.1) is 11.2 Å². The zero-order valence-corrected chi connectivity index (χ0v) is 30.9. The molecule has 0 radical (unpaired) electrons. The highest BCUT2D eigenvalue weighted by Crippen LogP contribution is 2.18. The lowest BCUT2D eigenvalue weighted by Gasteiger charge is -2.20. The maximum absolute atomic E-state index is 5.47. The predicted molar refractivity (Wildman–Crippen MR) is 198 cm³/mol. The topological polar surface area (TPSA) is 18.5 Å². The molecule has 2 heteroatoms. The van der Waals surface area contributed by atoms with Gasteiger partial charge in [-0.1, -0.05) is 137 Å². The number of rotatable bonds is 23. The van der Waals surface area contributed by atoms with E-state index in [9.17, 15) is 0 Å². The molecule has 0 saturated heterocycles. The molecule has 4 atom stereocenters. The molecule has 0 aliphatic heterocycles. The van der Waals surface area contributed by atoms with Crippen molar-refractivity contribution in [1.29, 1.82) is 0 Å². The van der Waals surface area contributed by atoms with Gasteiger partial charge in [0.15, 0.2) is 0 Å². The van der Waals surface area contributed by atoms with Crippen LogP contribution in [0.1, 0.15) is 121 Å². The van der Waals surface area contributed by atoms with Crippen molar-refractivity contribution in [3.8, 4) is 0 Å². The molecule has 0 aliphatic rings. The number of hydrogen-bond acceptors (Lipinski definition) is 2. The molecule has 0 rings (SSSR count). The minimum atomic E-state index is -0.102. The average Bonchev–Trinajstić information content (AvgIpc) is 2.95. The highest BCUT2D eigenvalue weighted by Gasteiger charge is 2.13. The number of hydrogen-bond donors (Lipinski definition) is 0. The molecule has 4 unspecified atom stereocenters. The summed E-state index contributed by atoms with van der Waals surface area (Å²) in [7, 11) is 3.54. The molecule has 0 aromatic carbocycles. The van der Waals surface area contributed by atoms with E-state index in [-0.39, 0.29) is 11.2 Å². The number of methoxy groups -OCH3 is 2. The Bertz CT molecular complexity index is 979. The Balaban J connectivity index is 4.23. The summed E-state index contributed by atoms with van der Waals surface area (Å²) in [6.45, 7) is 22.1. The summed E-state index contributed by atoms with van der Waals surface area (Å²) in [4.78, 5) is 0. The summed E-state index contributed by atoms with van der Waals surface area (Å²) in [5.74, 6) is 2.48. The fraction of sp³-hybridized carbons (Fsp3) is 0.619. The van der Waals surface area contributed by atoms with Crippen LogP contribution >= 0.6 is 0 Å². The normalized spacial score (nSPS) is 17.4. The van der Waals surface area contributed by atoms with Crippen LogP contribution in [0, 0.1) is 23.7 Å². The van der Waals surface area contributed by atoms with Crippen LogP contribution in [0.15, 0.2) is 96.2 Å². The van der Waals surface area contributed by atoms with E-state index in [1.165, 1.54) is 36.8 Å². The van der Waals surface area contributed by atoms with Gasteiger partial charge in [-0.25, -0.2) is 0 Å². The molecule has 0 spiro atoms. The van der Waals surface area contributed by atoms with Gasteiger partial charge in [-0.3, -0.25) is 0 Å². The van der Waals surface area contributed by atoms with Crippen molar-refractivity contribution < 1.29 is 9.47 Å². The molecule has 250 valence electrons. The van der Waals surface area contributed by atoms with Crippen molar-refractivity contribution in [2.45, 2.75) is 132 Å². The van der Waals surface area contributed by atoms with E-state index in [0.29, 0.717) is 17.8 Å². The molecule has 0 bridgehead atoms. The van der Waals surface area contributed by atoms with E-state index in [1.807, 2.05) is 0 Å². The van der Waals surface area contributed by atoms with E-state index < -0.39 is 0 Å². The second kappa shape index (κ2) is 24.1. The van der Waals surface area contributed by atoms with Crippen LogP contribution < -0.4 is 0 Å². The standard InChI is InChI=1S/C42H70O2/c1-35(23-15-25-37(3)27-17-29-39(5)31-19-33-41(7,8)43-11)21-13-14-22-36(2)24-16-26-38(4)28-18-30-40(6)32-20-34-42(9,10)44-12/h13-15,17-20,23,27-32,35-38H,16,21-22,24-26,33-34H2,1-12H3/b14-13+,23-15+,27-17+,28-18+,31-19+,32-20+,39-29+,40-30+. The second-order valence-corrected chi connectivity index (χ2v) is 14.3. The van der Waals surface area contributed by atoms with Gasteiger partial charge in [-0.15, -0.1) is 0 Å². The Morgan fingerprint density at radius 3 is 1.55 bits per heavy atom. The molecule has 0 amide bonds. The number of allylic oxidation sites excluding steroid dienone is 14. The highest BCUT2D eigenvalue weighted by atomic mass is 16.5. The maximum atomic E-state index is 5.47. The van der Waals surface area contributed by atoms with E-state index in [4.69, 9.17) is 9.47 Å². The van der Waals surface area contributed by atoms with Crippen LogP contribution in [-0.4, -0.2) is 25.4 Å². The molecule has 0 heterocycles. The second-order valence-electron chi connectivity index (χ2n) is 14.3. The quantitative estimate of drug-likeness (QED) is 0.0851. The lowest BCUT2D eigenvalue weighted by atomic mass is 9.95. The summed E-state index contributed by atoms with van der Waals surface area (Å²) in [6, 6.07) is 0. The van der Waals surface area contributed by atoms with E-state index in [2.05, 4.69) is 154 Å². The summed E-state index contributed by atoms with van der Waals surface area (Å²) in [5, 5.41) is 0. The van der Waals surface area contributed by atoms with Crippen LogP contribution in [0.5, 0.6) is 0 Å². The fourth-order valence-corrected chi connectivity index (χ4v) is 4.45. The van der Waals surface area contributed by atoms with Gasteiger partial charge >= 0.3 is 0 Å². The highest BCUT2D eigenvalue weighted by molar-refractivity contribution is 5.23. The minimum absolute atomic E-state index is 0.0974. The van der Waals surface area contributed by atoms with Crippen LogP contribution in [0.2, 0.25) is 0 Å². The van der Waals surface area contributed by atoms with Crippen LogP contribution in [0.3, 0.4) is 0 Å². The van der Waals surface area contributed by atoms with Gasteiger partial charge in [0.25, 0.3) is 0 Å². The van der Waals surface area contributed by atoms with E-state index in [0.717, 1.165) is 31.6 Å². The minimum Gasteiger partial charge on any atom is -0.378 e. The molecule has 0 aliphatic carbocycles. The molecule has 0 N–H and O–H groups in total. The molecule has 0 aromatic rings. The van der Waals surface area contributed by atoms with Crippen molar-refractivity contribution >= 4 is 0 Å². The Morgan fingerprint density at radius 2 is 1.02 bits per heavy atom. The molecular formula is C42H70O2. The molecular weight excluding hydrogens is 536 g/mol. The molecule has 2 nitrogen and oxygen atoms in total. The van der Waals surface area contributed by atoms with Crippen molar-refractivity contribution in [2.24, 2.45) is 23.7 Å². The Hall–Kier alpha value is -2.16. The lowest BCUT2D eigenvalue weighted by Crippen LogP contribution is -2.20. The first-order valence-electron chi connectivity index (χ1n) is 17.1. The fourth-order valence-electron chi connectivity index (χ4n) is 4.45.